The summed E-state index contributed by atoms with van der Waals surface area (Å²) in [7, 11) is 0. The number of carbonyl (C=O) groups is 1. The molecule has 1 N–H and O–H groups in total. The molecule has 35 heavy (non-hydrogen) atoms. The average Bonchev–Trinajstić information content (AvgIpc) is 3.26. The lowest BCUT2D eigenvalue weighted by Gasteiger charge is -2.09. The van der Waals surface area contributed by atoms with E-state index < -0.39 is 0 Å². The number of aromatic nitrogens is 3. The standard InChI is InChI=1S/C26H24Cl2N4O3/c1-3-34-12-13-35-26-30-24(18-6-4-17(2)5-7-18)32(31-26)23-10-8-22(9-11-23)29-25(33)19-14-20(27)16-21(28)15-19/h4-11,14-16H,3,12-13H2,1-2H3,(H,29,33). The zero-order chi connectivity index (χ0) is 24.8. The number of rotatable bonds is 9. The zero-order valence-electron chi connectivity index (χ0n) is 19.3. The Hall–Kier alpha value is -3.39. The molecule has 4 rings (SSSR count). The molecule has 0 aliphatic rings. The van der Waals surface area contributed by atoms with E-state index in [1.807, 2.05) is 50.2 Å². The Morgan fingerprint density at radius 1 is 0.971 bits per heavy atom. The molecule has 0 bridgehead atoms. The average molecular weight is 511 g/mol. The van der Waals surface area contributed by atoms with Crippen LogP contribution in [-0.2, 0) is 4.74 Å². The van der Waals surface area contributed by atoms with Crippen LogP contribution < -0.4 is 10.1 Å². The highest BCUT2D eigenvalue weighted by Crippen LogP contribution is 2.25. The summed E-state index contributed by atoms with van der Waals surface area (Å²) in [6.45, 7) is 5.38. The molecule has 180 valence electrons. The largest absolute Gasteiger partial charge is 0.460 e. The van der Waals surface area contributed by atoms with E-state index in [9.17, 15) is 4.79 Å². The van der Waals surface area contributed by atoms with Gasteiger partial charge in [0.25, 0.3) is 5.91 Å². The second-order valence-corrected chi connectivity index (χ2v) is 8.57. The van der Waals surface area contributed by atoms with E-state index in [1.165, 1.54) is 0 Å². The molecule has 0 saturated carbocycles. The number of anilines is 1. The maximum atomic E-state index is 12.6. The Kier molecular flexibility index (Phi) is 8.02. The van der Waals surface area contributed by atoms with Crippen molar-refractivity contribution in [1.29, 1.82) is 0 Å². The van der Waals surface area contributed by atoms with E-state index in [1.54, 1.807) is 35.0 Å². The Morgan fingerprint density at radius 2 is 1.66 bits per heavy atom. The summed E-state index contributed by atoms with van der Waals surface area (Å²) >= 11 is 12.0. The summed E-state index contributed by atoms with van der Waals surface area (Å²) in [5.74, 6) is 0.329. The van der Waals surface area contributed by atoms with Gasteiger partial charge in [-0.15, -0.1) is 5.10 Å². The van der Waals surface area contributed by atoms with Crippen LogP contribution in [0.25, 0.3) is 17.1 Å². The molecule has 0 fully saturated rings. The van der Waals surface area contributed by atoms with Gasteiger partial charge in [-0.1, -0.05) is 53.0 Å². The monoisotopic (exact) mass is 510 g/mol. The van der Waals surface area contributed by atoms with E-state index in [-0.39, 0.29) is 11.9 Å². The molecule has 0 unspecified atom stereocenters. The van der Waals surface area contributed by atoms with Crippen molar-refractivity contribution < 1.29 is 14.3 Å². The Balaban J connectivity index is 1.57. The zero-order valence-corrected chi connectivity index (χ0v) is 20.8. The number of hydrogen-bond acceptors (Lipinski definition) is 5. The van der Waals surface area contributed by atoms with Crippen molar-refractivity contribution in [1.82, 2.24) is 14.8 Å². The molecule has 1 heterocycles. The van der Waals surface area contributed by atoms with Crippen molar-refractivity contribution in [3.05, 3.63) is 87.9 Å². The highest BCUT2D eigenvalue weighted by Gasteiger charge is 2.15. The van der Waals surface area contributed by atoms with Crippen LogP contribution in [0.2, 0.25) is 10.0 Å². The third-order valence-electron chi connectivity index (χ3n) is 5.05. The summed E-state index contributed by atoms with van der Waals surface area (Å²) in [5.41, 5.74) is 3.79. The first-order valence-corrected chi connectivity index (χ1v) is 11.8. The molecule has 0 aliphatic carbocycles. The quantitative estimate of drug-likeness (QED) is 0.270. The molecule has 0 spiro atoms. The molecule has 0 saturated heterocycles. The highest BCUT2D eigenvalue weighted by atomic mass is 35.5. The summed E-state index contributed by atoms with van der Waals surface area (Å²) in [6, 6.07) is 20.2. The van der Waals surface area contributed by atoms with Gasteiger partial charge >= 0.3 is 6.01 Å². The Bertz CT molecular complexity index is 1290. The molecule has 0 aliphatic heterocycles. The lowest BCUT2D eigenvalue weighted by Crippen LogP contribution is -2.12. The summed E-state index contributed by atoms with van der Waals surface area (Å²) in [6.07, 6.45) is 0. The highest BCUT2D eigenvalue weighted by molar-refractivity contribution is 6.35. The van der Waals surface area contributed by atoms with E-state index in [4.69, 9.17) is 32.7 Å². The van der Waals surface area contributed by atoms with E-state index in [2.05, 4.69) is 15.4 Å². The van der Waals surface area contributed by atoms with Crippen molar-refractivity contribution >= 4 is 34.8 Å². The van der Waals surface area contributed by atoms with Gasteiger partial charge in [-0.2, -0.15) is 4.98 Å². The second kappa shape index (κ2) is 11.4. The Morgan fingerprint density at radius 3 is 2.31 bits per heavy atom. The molecule has 4 aromatic rings. The van der Waals surface area contributed by atoms with Gasteiger partial charge < -0.3 is 14.8 Å². The molecule has 9 heteroatoms. The van der Waals surface area contributed by atoms with E-state index >= 15 is 0 Å². The number of ether oxygens (including phenoxy) is 2. The minimum absolute atomic E-state index is 0.260. The fourth-order valence-corrected chi connectivity index (χ4v) is 3.86. The fourth-order valence-electron chi connectivity index (χ4n) is 3.33. The Labute approximate surface area is 213 Å². The molecule has 0 radical (unpaired) electrons. The summed E-state index contributed by atoms with van der Waals surface area (Å²) < 4.78 is 12.7. The van der Waals surface area contributed by atoms with Crippen LogP contribution >= 0.6 is 23.2 Å². The molecular weight excluding hydrogens is 487 g/mol. The van der Waals surface area contributed by atoms with Gasteiger partial charge in [0.1, 0.15) is 6.61 Å². The number of amides is 1. The van der Waals surface area contributed by atoms with Gasteiger partial charge in [0, 0.05) is 33.5 Å². The molecule has 0 atom stereocenters. The second-order valence-electron chi connectivity index (χ2n) is 7.70. The minimum atomic E-state index is -0.312. The van der Waals surface area contributed by atoms with Crippen LogP contribution in [0.1, 0.15) is 22.8 Å². The molecule has 7 nitrogen and oxygen atoms in total. The van der Waals surface area contributed by atoms with Crippen LogP contribution in [-0.4, -0.2) is 40.5 Å². The maximum Gasteiger partial charge on any atom is 0.336 e. The van der Waals surface area contributed by atoms with Crippen LogP contribution in [0.15, 0.2) is 66.7 Å². The topological polar surface area (TPSA) is 78.3 Å². The number of carbonyl (C=O) groups excluding carboxylic acids is 1. The number of nitrogens with one attached hydrogen (secondary N) is 1. The SMILES string of the molecule is CCOCCOc1nc(-c2ccc(C)cc2)n(-c2ccc(NC(=O)c3cc(Cl)cc(Cl)c3)cc2)n1. The normalized spacial score (nSPS) is 10.9. The van der Waals surface area contributed by atoms with Gasteiger partial charge in [-0.05, 0) is 56.3 Å². The smallest absolute Gasteiger partial charge is 0.336 e. The lowest BCUT2D eigenvalue weighted by molar-refractivity contribution is 0.102. The molecular formula is C26H24Cl2N4O3. The van der Waals surface area contributed by atoms with E-state index in [0.717, 1.165) is 16.8 Å². The molecule has 1 aromatic heterocycles. The minimum Gasteiger partial charge on any atom is -0.460 e. The van der Waals surface area contributed by atoms with Gasteiger partial charge in [0.05, 0.1) is 12.3 Å². The van der Waals surface area contributed by atoms with Crippen LogP contribution in [0.4, 0.5) is 5.69 Å². The predicted octanol–water partition coefficient (Wildman–Crippen LogP) is 6.22. The summed E-state index contributed by atoms with van der Waals surface area (Å²) in [5, 5.41) is 8.19. The van der Waals surface area contributed by atoms with Crippen LogP contribution in [0.3, 0.4) is 0 Å². The maximum absolute atomic E-state index is 12.6. The third kappa shape index (κ3) is 6.39. The number of hydrogen-bond donors (Lipinski definition) is 1. The predicted molar refractivity (Wildman–Crippen MR) is 138 cm³/mol. The number of aryl methyl sites for hydroxylation is 1. The van der Waals surface area contributed by atoms with Crippen molar-refractivity contribution in [3.8, 4) is 23.1 Å². The van der Waals surface area contributed by atoms with Crippen molar-refractivity contribution in [2.45, 2.75) is 13.8 Å². The van der Waals surface area contributed by atoms with Gasteiger partial charge in [-0.3, -0.25) is 4.79 Å². The van der Waals surface area contributed by atoms with Gasteiger partial charge in [0.2, 0.25) is 0 Å². The van der Waals surface area contributed by atoms with Crippen molar-refractivity contribution in [2.75, 3.05) is 25.1 Å². The summed E-state index contributed by atoms with van der Waals surface area (Å²) in [4.78, 5) is 17.2. The van der Waals surface area contributed by atoms with Crippen LogP contribution in [0, 0.1) is 6.92 Å². The first kappa shape index (κ1) is 24.7. The number of benzene rings is 3. The first-order chi connectivity index (χ1) is 16.9. The number of halogens is 2. The molecule has 3 aromatic carbocycles. The van der Waals surface area contributed by atoms with Gasteiger partial charge in [-0.25, -0.2) is 4.68 Å². The molecule has 1 amide bonds. The fraction of sp³-hybridized carbons (Fsp3) is 0.192. The third-order valence-corrected chi connectivity index (χ3v) is 5.49. The van der Waals surface area contributed by atoms with Crippen molar-refractivity contribution in [3.63, 3.8) is 0 Å². The van der Waals surface area contributed by atoms with Crippen LogP contribution in [0.5, 0.6) is 6.01 Å². The number of nitrogens with zero attached hydrogens (tertiary/aromatic N) is 3. The first-order valence-electron chi connectivity index (χ1n) is 11.1. The lowest BCUT2D eigenvalue weighted by atomic mass is 10.1. The van der Waals surface area contributed by atoms with Gasteiger partial charge in [0.15, 0.2) is 5.82 Å². The van der Waals surface area contributed by atoms with Crippen molar-refractivity contribution in [2.24, 2.45) is 0 Å². The van der Waals surface area contributed by atoms with E-state index in [0.29, 0.717) is 46.9 Å².